The Morgan fingerprint density at radius 3 is 2.61 bits per heavy atom. The van der Waals surface area contributed by atoms with Gasteiger partial charge < -0.3 is 5.32 Å². The van der Waals surface area contributed by atoms with E-state index in [1.165, 1.54) is 30.6 Å². The Kier molecular flexibility index (Phi) is 6.72. The average molecular weight is 592 g/mol. The van der Waals surface area contributed by atoms with Gasteiger partial charge in [0.1, 0.15) is 16.5 Å². The number of nitrogens with zero attached hydrogens (tertiary/aromatic N) is 5. The van der Waals surface area contributed by atoms with Gasteiger partial charge in [0, 0.05) is 29.9 Å². The third-order valence-corrected chi connectivity index (χ3v) is 10.7. The van der Waals surface area contributed by atoms with E-state index in [1.807, 2.05) is 6.92 Å². The zero-order valence-electron chi connectivity index (χ0n) is 21.8. The first kappa shape index (κ1) is 26.9. The van der Waals surface area contributed by atoms with Crippen LogP contribution in [0, 0.1) is 17.2 Å². The van der Waals surface area contributed by atoms with Crippen LogP contribution in [-0.4, -0.2) is 48.2 Å². The summed E-state index contributed by atoms with van der Waals surface area (Å²) in [7, 11) is -7.85. The van der Waals surface area contributed by atoms with Gasteiger partial charge in [-0.05, 0) is 59.4 Å². The SMILES string of the molecule is CC[C@@H]1CC(NS(=O)(=O)c2cccc3nonc23)C[C@@H]1Nc1c(C#N)cnc2c1ccn2S(=O)(=O)c1ccccc1. The Balaban J connectivity index is 1.30. The molecule has 210 valence electrons. The van der Waals surface area contributed by atoms with Crippen molar-refractivity contribution in [3.63, 3.8) is 0 Å². The third kappa shape index (κ3) is 4.71. The molecule has 0 saturated heterocycles. The van der Waals surface area contributed by atoms with Crippen LogP contribution in [-0.2, 0) is 20.0 Å². The van der Waals surface area contributed by atoms with Gasteiger partial charge in [-0.15, -0.1) is 0 Å². The van der Waals surface area contributed by atoms with Crippen LogP contribution < -0.4 is 10.0 Å². The summed E-state index contributed by atoms with van der Waals surface area (Å²) in [6.07, 6.45) is 4.56. The summed E-state index contributed by atoms with van der Waals surface area (Å²) in [5.41, 5.74) is 1.42. The fraction of sp³-hybridized carbons (Fsp3) is 0.259. The zero-order valence-corrected chi connectivity index (χ0v) is 23.4. The Hall–Kier alpha value is -4.32. The van der Waals surface area contributed by atoms with Crippen molar-refractivity contribution < 1.29 is 21.5 Å². The van der Waals surface area contributed by atoms with Gasteiger partial charge >= 0.3 is 0 Å². The summed E-state index contributed by atoms with van der Waals surface area (Å²) in [5.74, 6) is 0.0807. The van der Waals surface area contributed by atoms with Crippen molar-refractivity contribution in [2.45, 2.75) is 48.1 Å². The Bertz CT molecular complexity index is 2020. The van der Waals surface area contributed by atoms with Crippen LogP contribution in [0.5, 0.6) is 0 Å². The molecule has 1 aliphatic carbocycles. The van der Waals surface area contributed by atoms with Gasteiger partial charge in [0.25, 0.3) is 10.0 Å². The zero-order chi connectivity index (χ0) is 28.8. The average Bonchev–Trinajstić information content (AvgIpc) is 3.71. The molecule has 3 aromatic heterocycles. The first-order valence-corrected chi connectivity index (χ1v) is 15.9. The fourth-order valence-corrected chi connectivity index (χ4v) is 8.25. The van der Waals surface area contributed by atoms with Gasteiger partial charge in [-0.2, -0.15) is 5.26 Å². The van der Waals surface area contributed by atoms with Crippen LogP contribution in [0.15, 0.2) is 81.4 Å². The van der Waals surface area contributed by atoms with Gasteiger partial charge in [0.2, 0.25) is 10.0 Å². The van der Waals surface area contributed by atoms with Crippen LogP contribution in [0.1, 0.15) is 31.7 Å². The Morgan fingerprint density at radius 2 is 1.85 bits per heavy atom. The second kappa shape index (κ2) is 10.3. The predicted octanol–water partition coefficient (Wildman–Crippen LogP) is 3.63. The molecule has 0 aliphatic heterocycles. The minimum atomic E-state index is -3.93. The minimum absolute atomic E-state index is 0.00992. The molecule has 2 aromatic carbocycles. The highest BCUT2D eigenvalue weighted by Gasteiger charge is 2.37. The second-order valence-corrected chi connectivity index (χ2v) is 13.4. The molecular weight excluding hydrogens is 566 g/mol. The molecular formula is C27H25N7O5S2. The molecule has 2 N–H and O–H groups in total. The molecule has 0 bridgehead atoms. The molecule has 1 aliphatic rings. The molecule has 0 spiro atoms. The predicted molar refractivity (Wildman–Crippen MR) is 150 cm³/mol. The molecule has 1 unspecified atom stereocenters. The number of anilines is 1. The van der Waals surface area contributed by atoms with E-state index in [-0.39, 0.29) is 44.5 Å². The summed E-state index contributed by atoms with van der Waals surface area (Å²) >= 11 is 0. The van der Waals surface area contributed by atoms with Crippen molar-refractivity contribution >= 4 is 47.8 Å². The van der Waals surface area contributed by atoms with Crippen LogP contribution in [0.3, 0.4) is 0 Å². The van der Waals surface area contributed by atoms with E-state index in [2.05, 4.69) is 31.4 Å². The van der Waals surface area contributed by atoms with E-state index < -0.39 is 20.0 Å². The summed E-state index contributed by atoms with van der Waals surface area (Å²) in [6.45, 7) is 2.02. The smallest absolute Gasteiger partial charge is 0.269 e. The van der Waals surface area contributed by atoms with Gasteiger partial charge in [0.05, 0.1) is 16.1 Å². The lowest BCUT2D eigenvalue weighted by Gasteiger charge is -2.22. The number of nitriles is 1. The number of hydrogen-bond acceptors (Lipinski definition) is 10. The highest BCUT2D eigenvalue weighted by Crippen LogP contribution is 2.36. The summed E-state index contributed by atoms with van der Waals surface area (Å²) in [6, 6.07) is 15.9. The standard InChI is InChI=1S/C27H25N7O5S2/c1-2-17-13-19(33-40(35,36)24-10-6-9-22-26(24)32-39-31-22)14-23(17)30-25-18(15-28)16-29-27-21(25)11-12-34(27)41(37,38)20-7-4-3-5-8-20/h3-12,16-17,19,23,33H,2,13-14H2,1H3,(H,29,30)/t17-,19?,23+/m1/s1. The molecule has 3 heterocycles. The van der Waals surface area contributed by atoms with Crippen LogP contribution in [0.4, 0.5) is 5.69 Å². The van der Waals surface area contributed by atoms with Gasteiger partial charge in [-0.1, -0.05) is 37.6 Å². The highest BCUT2D eigenvalue weighted by molar-refractivity contribution is 7.90. The van der Waals surface area contributed by atoms with Crippen molar-refractivity contribution in [2.24, 2.45) is 5.92 Å². The van der Waals surface area contributed by atoms with E-state index in [1.54, 1.807) is 36.4 Å². The van der Waals surface area contributed by atoms with Crippen molar-refractivity contribution in [3.8, 4) is 6.07 Å². The lowest BCUT2D eigenvalue weighted by Crippen LogP contribution is -2.34. The molecule has 14 heteroatoms. The maximum Gasteiger partial charge on any atom is 0.269 e. The monoisotopic (exact) mass is 591 g/mol. The Morgan fingerprint density at radius 1 is 1.05 bits per heavy atom. The molecule has 5 aromatic rings. The number of benzene rings is 2. The lowest BCUT2D eigenvalue weighted by molar-refractivity contribution is 0.315. The summed E-state index contributed by atoms with van der Waals surface area (Å²) < 4.78 is 61.9. The summed E-state index contributed by atoms with van der Waals surface area (Å²) in [5, 5.41) is 21.3. The van der Waals surface area contributed by atoms with Crippen LogP contribution in [0.25, 0.3) is 22.1 Å². The molecule has 0 amide bonds. The van der Waals surface area contributed by atoms with Crippen LogP contribution >= 0.6 is 0 Å². The molecule has 41 heavy (non-hydrogen) atoms. The van der Waals surface area contributed by atoms with Crippen molar-refractivity contribution in [1.82, 2.24) is 24.0 Å². The van der Waals surface area contributed by atoms with E-state index >= 15 is 0 Å². The quantitative estimate of drug-likeness (QED) is 0.271. The number of nitrogens with one attached hydrogen (secondary N) is 2. The molecule has 0 radical (unpaired) electrons. The number of pyridine rings is 1. The maximum absolute atomic E-state index is 13.3. The number of fused-ring (bicyclic) bond motifs is 2. The van der Waals surface area contributed by atoms with Gasteiger partial charge in [-0.3, -0.25) is 0 Å². The number of aromatic nitrogens is 4. The van der Waals surface area contributed by atoms with Crippen LogP contribution in [0.2, 0.25) is 0 Å². The number of hydrogen-bond donors (Lipinski definition) is 2. The molecule has 1 saturated carbocycles. The largest absolute Gasteiger partial charge is 0.380 e. The van der Waals surface area contributed by atoms with Crippen molar-refractivity contribution in [2.75, 3.05) is 5.32 Å². The second-order valence-electron chi connectivity index (χ2n) is 9.92. The molecule has 12 nitrogen and oxygen atoms in total. The van der Waals surface area contributed by atoms with Gasteiger partial charge in [-0.25, -0.2) is 35.1 Å². The first-order chi connectivity index (χ1) is 19.7. The summed E-state index contributed by atoms with van der Waals surface area (Å²) in [4.78, 5) is 4.41. The first-order valence-electron chi connectivity index (χ1n) is 12.9. The fourth-order valence-electron chi connectivity index (χ4n) is 5.52. The normalized spacial score (nSPS) is 19.5. The van der Waals surface area contributed by atoms with E-state index in [4.69, 9.17) is 4.63 Å². The van der Waals surface area contributed by atoms with E-state index in [0.29, 0.717) is 29.4 Å². The third-order valence-electron chi connectivity index (χ3n) is 7.51. The van der Waals surface area contributed by atoms with E-state index in [9.17, 15) is 22.1 Å². The topological polar surface area (TPSA) is 173 Å². The molecule has 6 rings (SSSR count). The lowest BCUT2D eigenvalue weighted by atomic mass is 10.00. The van der Waals surface area contributed by atoms with Crippen molar-refractivity contribution in [3.05, 3.63) is 72.6 Å². The maximum atomic E-state index is 13.3. The molecule has 3 atom stereocenters. The number of rotatable bonds is 8. The molecule has 1 fully saturated rings. The Labute approximate surface area is 236 Å². The van der Waals surface area contributed by atoms with Crippen molar-refractivity contribution in [1.29, 1.82) is 5.26 Å². The minimum Gasteiger partial charge on any atom is -0.380 e. The van der Waals surface area contributed by atoms with E-state index in [0.717, 1.165) is 10.4 Å². The van der Waals surface area contributed by atoms with Gasteiger partial charge in [0.15, 0.2) is 11.2 Å². The number of sulfonamides is 1. The highest BCUT2D eigenvalue weighted by atomic mass is 32.2.